The first-order valence-electron chi connectivity index (χ1n) is 4.92. The van der Waals surface area contributed by atoms with Crippen LogP contribution in [0.1, 0.15) is 32.6 Å². The SMILES string of the molecule is COCC(=O)OC(C)C1CCCC1. The molecule has 0 saturated heterocycles. The van der Waals surface area contributed by atoms with Gasteiger partial charge in [-0.25, -0.2) is 4.79 Å². The highest BCUT2D eigenvalue weighted by Crippen LogP contribution is 2.28. The van der Waals surface area contributed by atoms with Gasteiger partial charge in [-0.15, -0.1) is 0 Å². The van der Waals surface area contributed by atoms with E-state index in [4.69, 9.17) is 9.47 Å². The quantitative estimate of drug-likeness (QED) is 0.627. The van der Waals surface area contributed by atoms with Crippen LogP contribution in [0.4, 0.5) is 0 Å². The standard InChI is InChI=1S/C10H18O3/c1-8(9-5-3-4-6-9)13-10(11)7-12-2/h8-9H,3-7H2,1-2H3. The van der Waals surface area contributed by atoms with Crippen molar-refractivity contribution in [2.45, 2.75) is 38.7 Å². The molecule has 0 aromatic carbocycles. The van der Waals surface area contributed by atoms with E-state index in [1.165, 1.54) is 32.8 Å². The average Bonchev–Trinajstić information content (AvgIpc) is 2.55. The van der Waals surface area contributed by atoms with Crippen LogP contribution in [0.3, 0.4) is 0 Å². The molecular weight excluding hydrogens is 168 g/mol. The van der Waals surface area contributed by atoms with E-state index in [1.54, 1.807) is 0 Å². The van der Waals surface area contributed by atoms with Gasteiger partial charge in [0.1, 0.15) is 12.7 Å². The maximum atomic E-state index is 11.1. The van der Waals surface area contributed by atoms with Crippen molar-refractivity contribution in [1.29, 1.82) is 0 Å². The van der Waals surface area contributed by atoms with Crippen molar-refractivity contribution in [2.24, 2.45) is 5.92 Å². The van der Waals surface area contributed by atoms with Crippen LogP contribution >= 0.6 is 0 Å². The topological polar surface area (TPSA) is 35.5 Å². The summed E-state index contributed by atoms with van der Waals surface area (Å²) in [6.07, 6.45) is 5.00. The Morgan fingerprint density at radius 2 is 2.08 bits per heavy atom. The molecule has 0 spiro atoms. The lowest BCUT2D eigenvalue weighted by Crippen LogP contribution is -2.24. The predicted molar refractivity (Wildman–Crippen MR) is 49.4 cm³/mol. The maximum Gasteiger partial charge on any atom is 0.332 e. The van der Waals surface area contributed by atoms with E-state index in [2.05, 4.69) is 0 Å². The van der Waals surface area contributed by atoms with Crippen molar-refractivity contribution in [3.8, 4) is 0 Å². The first-order chi connectivity index (χ1) is 6.24. The van der Waals surface area contributed by atoms with Crippen molar-refractivity contribution in [1.82, 2.24) is 0 Å². The number of ether oxygens (including phenoxy) is 2. The Bertz CT molecular complexity index is 162. The Labute approximate surface area is 79.4 Å². The summed E-state index contributed by atoms with van der Waals surface area (Å²) in [5, 5.41) is 0. The van der Waals surface area contributed by atoms with Gasteiger partial charge in [0.05, 0.1) is 0 Å². The van der Waals surface area contributed by atoms with Crippen LogP contribution in [0, 0.1) is 5.92 Å². The van der Waals surface area contributed by atoms with E-state index in [0.29, 0.717) is 5.92 Å². The zero-order valence-corrected chi connectivity index (χ0v) is 8.41. The molecule has 0 amide bonds. The van der Waals surface area contributed by atoms with Crippen LogP contribution in [0.5, 0.6) is 0 Å². The van der Waals surface area contributed by atoms with Crippen LogP contribution in [-0.4, -0.2) is 25.8 Å². The third-order valence-electron chi connectivity index (χ3n) is 2.64. The maximum absolute atomic E-state index is 11.1. The molecule has 0 radical (unpaired) electrons. The Kier molecular flexibility index (Phi) is 4.22. The fourth-order valence-corrected chi connectivity index (χ4v) is 1.88. The zero-order valence-electron chi connectivity index (χ0n) is 8.41. The van der Waals surface area contributed by atoms with E-state index in [1.807, 2.05) is 6.92 Å². The number of hydrogen-bond acceptors (Lipinski definition) is 3. The zero-order chi connectivity index (χ0) is 9.68. The Hall–Kier alpha value is -0.570. The van der Waals surface area contributed by atoms with Crippen molar-refractivity contribution < 1.29 is 14.3 Å². The lowest BCUT2D eigenvalue weighted by Gasteiger charge is -2.18. The van der Waals surface area contributed by atoms with Gasteiger partial charge in [-0.3, -0.25) is 0 Å². The molecule has 0 heterocycles. The molecule has 0 aliphatic heterocycles. The van der Waals surface area contributed by atoms with Gasteiger partial charge in [-0.2, -0.15) is 0 Å². The molecule has 1 atom stereocenters. The molecule has 0 aromatic heterocycles. The summed E-state index contributed by atoms with van der Waals surface area (Å²) in [6.45, 7) is 2.04. The average molecular weight is 186 g/mol. The van der Waals surface area contributed by atoms with E-state index in [-0.39, 0.29) is 18.7 Å². The molecular formula is C10H18O3. The molecule has 1 aliphatic rings. The summed E-state index contributed by atoms with van der Waals surface area (Å²) < 4.78 is 9.90. The summed E-state index contributed by atoms with van der Waals surface area (Å²) in [4.78, 5) is 11.1. The van der Waals surface area contributed by atoms with Crippen LogP contribution in [0.2, 0.25) is 0 Å². The smallest absolute Gasteiger partial charge is 0.332 e. The molecule has 1 unspecified atom stereocenters. The fraction of sp³-hybridized carbons (Fsp3) is 0.900. The van der Waals surface area contributed by atoms with Gasteiger partial charge in [-0.1, -0.05) is 12.8 Å². The normalized spacial score (nSPS) is 20.2. The molecule has 1 fully saturated rings. The molecule has 0 aromatic rings. The summed E-state index contributed by atoms with van der Waals surface area (Å²) >= 11 is 0. The fourth-order valence-electron chi connectivity index (χ4n) is 1.88. The minimum Gasteiger partial charge on any atom is -0.461 e. The van der Waals surface area contributed by atoms with Gasteiger partial charge in [0.25, 0.3) is 0 Å². The van der Waals surface area contributed by atoms with Gasteiger partial charge in [-0.05, 0) is 25.7 Å². The van der Waals surface area contributed by atoms with Gasteiger partial charge in [0.2, 0.25) is 0 Å². The first-order valence-corrected chi connectivity index (χ1v) is 4.92. The molecule has 3 heteroatoms. The van der Waals surface area contributed by atoms with Gasteiger partial charge in [0.15, 0.2) is 0 Å². The van der Waals surface area contributed by atoms with Crippen molar-refractivity contribution >= 4 is 5.97 Å². The van der Waals surface area contributed by atoms with Crippen LogP contribution in [-0.2, 0) is 14.3 Å². The number of hydrogen-bond donors (Lipinski definition) is 0. The van der Waals surface area contributed by atoms with Crippen molar-refractivity contribution in [3.63, 3.8) is 0 Å². The second-order valence-corrected chi connectivity index (χ2v) is 3.67. The van der Waals surface area contributed by atoms with E-state index >= 15 is 0 Å². The Morgan fingerprint density at radius 3 is 2.62 bits per heavy atom. The van der Waals surface area contributed by atoms with Gasteiger partial charge in [0, 0.05) is 7.11 Å². The lowest BCUT2D eigenvalue weighted by atomic mass is 10.0. The summed E-state index contributed by atoms with van der Waals surface area (Å²) in [6, 6.07) is 0. The lowest BCUT2D eigenvalue weighted by molar-refractivity contribution is -0.155. The number of rotatable bonds is 4. The highest BCUT2D eigenvalue weighted by Gasteiger charge is 2.24. The van der Waals surface area contributed by atoms with E-state index in [0.717, 1.165) is 0 Å². The molecule has 1 aliphatic carbocycles. The number of esters is 1. The third kappa shape index (κ3) is 3.35. The van der Waals surface area contributed by atoms with Gasteiger partial charge < -0.3 is 9.47 Å². The van der Waals surface area contributed by atoms with Gasteiger partial charge >= 0.3 is 5.97 Å². The first kappa shape index (κ1) is 10.5. The summed E-state index contributed by atoms with van der Waals surface area (Å²) in [7, 11) is 1.50. The molecule has 0 N–H and O–H groups in total. The predicted octanol–water partition coefficient (Wildman–Crippen LogP) is 1.75. The minimum absolute atomic E-state index is 0.0603. The molecule has 0 bridgehead atoms. The minimum atomic E-state index is -0.248. The Morgan fingerprint density at radius 1 is 1.46 bits per heavy atom. The van der Waals surface area contributed by atoms with Crippen molar-refractivity contribution in [3.05, 3.63) is 0 Å². The molecule has 3 nitrogen and oxygen atoms in total. The van der Waals surface area contributed by atoms with E-state index in [9.17, 15) is 4.79 Å². The molecule has 1 rings (SSSR count). The highest BCUT2D eigenvalue weighted by molar-refractivity contribution is 5.70. The molecule has 76 valence electrons. The van der Waals surface area contributed by atoms with Crippen LogP contribution in [0.15, 0.2) is 0 Å². The van der Waals surface area contributed by atoms with Crippen LogP contribution in [0.25, 0.3) is 0 Å². The van der Waals surface area contributed by atoms with Crippen LogP contribution < -0.4 is 0 Å². The number of carbonyl (C=O) groups is 1. The number of methoxy groups -OCH3 is 1. The van der Waals surface area contributed by atoms with E-state index < -0.39 is 0 Å². The van der Waals surface area contributed by atoms with Crippen molar-refractivity contribution in [2.75, 3.05) is 13.7 Å². The summed E-state index contributed by atoms with van der Waals surface area (Å²) in [5.41, 5.74) is 0. The largest absolute Gasteiger partial charge is 0.461 e. The molecule has 13 heavy (non-hydrogen) atoms. The summed E-state index contributed by atoms with van der Waals surface area (Å²) in [5.74, 6) is 0.322. The second-order valence-electron chi connectivity index (χ2n) is 3.67. The Balaban J connectivity index is 2.22. The molecule has 1 saturated carbocycles. The third-order valence-corrected chi connectivity index (χ3v) is 2.64. The highest BCUT2D eigenvalue weighted by atomic mass is 16.6. The monoisotopic (exact) mass is 186 g/mol. The second kappa shape index (κ2) is 5.22. The number of carbonyl (C=O) groups excluding carboxylic acids is 1.